The van der Waals surface area contributed by atoms with Gasteiger partial charge in [0.1, 0.15) is 17.6 Å². The highest BCUT2D eigenvalue weighted by Gasteiger charge is 2.32. The molecular weight excluding hydrogens is 346 g/mol. The van der Waals surface area contributed by atoms with Crippen LogP contribution < -0.4 is 4.90 Å². The van der Waals surface area contributed by atoms with E-state index in [9.17, 15) is 17.6 Å². The van der Waals surface area contributed by atoms with Crippen LogP contribution in [0.5, 0.6) is 0 Å². The molecule has 0 bridgehead atoms. The van der Waals surface area contributed by atoms with Crippen molar-refractivity contribution in [3.63, 3.8) is 0 Å². The summed E-state index contributed by atoms with van der Waals surface area (Å²) in [7, 11) is 0. The molecule has 0 amide bonds. The molecule has 1 aromatic carbocycles. The van der Waals surface area contributed by atoms with Crippen molar-refractivity contribution in [2.24, 2.45) is 0 Å². The van der Waals surface area contributed by atoms with Gasteiger partial charge in [-0.05, 0) is 36.6 Å². The predicted octanol–water partition coefficient (Wildman–Crippen LogP) is 4.49. The zero-order valence-electron chi connectivity index (χ0n) is 12.8. The molecule has 0 saturated heterocycles. The standard InChI is InChI=1S/C16H14ClF4N3/c1-9-14(17)22-13(7-18)23-15(9)24-5-4-10-2-3-12(16(19,20)21)6-11(10)8-24/h2-3,6H,4-5,7-8H2,1H3. The lowest BCUT2D eigenvalue weighted by Crippen LogP contribution is -2.32. The molecule has 3 rings (SSSR count). The first-order chi connectivity index (χ1) is 11.3. The SMILES string of the molecule is Cc1c(Cl)nc(CF)nc1N1CCc2ccc(C(F)(F)F)cc2C1. The minimum Gasteiger partial charge on any atom is -0.352 e. The summed E-state index contributed by atoms with van der Waals surface area (Å²) in [5.74, 6) is 0.432. The third kappa shape index (κ3) is 3.17. The summed E-state index contributed by atoms with van der Waals surface area (Å²) in [4.78, 5) is 9.80. The number of halogens is 5. The van der Waals surface area contributed by atoms with Gasteiger partial charge in [-0.2, -0.15) is 13.2 Å². The van der Waals surface area contributed by atoms with Crippen LogP contribution in [0.3, 0.4) is 0 Å². The van der Waals surface area contributed by atoms with Gasteiger partial charge in [0.15, 0.2) is 5.82 Å². The molecule has 24 heavy (non-hydrogen) atoms. The van der Waals surface area contributed by atoms with Crippen LogP contribution in [-0.4, -0.2) is 16.5 Å². The van der Waals surface area contributed by atoms with Crippen molar-refractivity contribution >= 4 is 17.4 Å². The molecule has 1 aliphatic rings. The molecule has 0 aliphatic carbocycles. The molecule has 0 atom stereocenters. The first-order valence-corrected chi connectivity index (χ1v) is 7.70. The number of rotatable bonds is 2. The molecule has 0 unspecified atom stereocenters. The number of hydrogen-bond acceptors (Lipinski definition) is 3. The Balaban J connectivity index is 1.96. The van der Waals surface area contributed by atoms with Gasteiger partial charge in [-0.15, -0.1) is 0 Å². The van der Waals surface area contributed by atoms with E-state index in [1.807, 2.05) is 4.90 Å². The lowest BCUT2D eigenvalue weighted by molar-refractivity contribution is -0.137. The molecular formula is C16H14ClF4N3. The van der Waals surface area contributed by atoms with E-state index in [1.54, 1.807) is 6.92 Å². The number of fused-ring (bicyclic) bond motifs is 1. The lowest BCUT2D eigenvalue weighted by atomic mass is 9.97. The van der Waals surface area contributed by atoms with Crippen LogP contribution in [0.4, 0.5) is 23.4 Å². The van der Waals surface area contributed by atoms with Crippen molar-refractivity contribution in [1.82, 2.24) is 9.97 Å². The topological polar surface area (TPSA) is 29.0 Å². The Labute approximate surface area is 141 Å². The minimum atomic E-state index is -4.38. The third-order valence-electron chi connectivity index (χ3n) is 4.07. The first-order valence-electron chi connectivity index (χ1n) is 7.32. The van der Waals surface area contributed by atoms with E-state index in [0.717, 1.165) is 17.7 Å². The fourth-order valence-corrected chi connectivity index (χ4v) is 2.98. The zero-order valence-corrected chi connectivity index (χ0v) is 13.5. The van der Waals surface area contributed by atoms with Crippen molar-refractivity contribution in [2.75, 3.05) is 11.4 Å². The maximum atomic E-state index is 12.9. The van der Waals surface area contributed by atoms with Crippen molar-refractivity contribution in [2.45, 2.75) is 32.7 Å². The molecule has 2 aromatic rings. The Morgan fingerprint density at radius 2 is 1.96 bits per heavy atom. The smallest absolute Gasteiger partial charge is 0.352 e. The second kappa shape index (κ2) is 6.20. The molecule has 1 aliphatic heterocycles. The normalized spacial score (nSPS) is 14.7. The van der Waals surface area contributed by atoms with E-state index in [4.69, 9.17) is 11.6 Å². The summed E-state index contributed by atoms with van der Waals surface area (Å²) in [6, 6.07) is 3.78. The fraction of sp³-hybridized carbons (Fsp3) is 0.375. The molecule has 2 heterocycles. The maximum Gasteiger partial charge on any atom is 0.416 e. The summed E-state index contributed by atoms with van der Waals surface area (Å²) in [6.45, 7) is 1.69. The second-order valence-corrected chi connectivity index (χ2v) is 6.02. The first kappa shape index (κ1) is 17.0. The summed E-state index contributed by atoms with van der Waals surface area (Å²) in [6.07, 6.45) is -3.80. The van der Waals surface area contributed by atoms with Crippen molar-refractivity contribution in [3.05, 3.63) is 51.4 Å². The summed E-state index contributed by atoms with van der Waals surface area (Å²) < 4.78 is 51.6. The molecule has 0 saturated carbocycles. The van der Waals surface area contributed by atoms with Crippen LogP contribution in [0.25, 0.3) is 0 Å². The number of alkyl halides is 4. The fourth-order valence-electron chi connectivity index (χ4n) is 2.80. The van der Waals surface area contributed by atoms with E-state index in [0.29, 0.717) is 29.9 Å². The quantitative estimate of drug-likeness (QED) is 0.584. The van der Waals surface area contributed by atoms with Crippen LogP contribution in [0.1, 0.15) is 28.1 Å². The third-order valence-corrected chi connectivity index (χ3v) is 4.44. The minimum absolute atomic E-state index is 0.0320. The maximum absolute atomic E-state index is 12.9. The Hall–Kier alpha value is -1.89. The van der Waals surface area contributed by atoms with Crippen LogP contribution in [-0.2, 0) is 25.8 Å². The molecule has 8 heteroatoms. The Morgan fingerprint density at radius 1 is 1.21 bits per heavy atom. The van der Waals surface area contributed by atoms with Gasteiger partial charge < -0.3 is 4.90 Å². The van der Waals surface area contributed by atoms with Gasteiger partial charge in [0.25, 0.3) is 0 Å². The van der Waals surface area contributed by atoms with Crippen LogP contribution >= 0.6 is 11.6 Å². The monoisotopic (exact) mass is 359 g/mol. The van der Waals surface area contributed by atoms with Crippen LogP contribution in [0, 0.1) is 6.92 Å². The number of aromatic nitrogens is 2. The summed E-state index contributed by atoms with van der Waals surface area (Å²) in [5, 5.41) is 0.155. The predicted molar refractivity (Wildman–Crippen MR) is 82.8 cm³/mol. The highest BCUT2D eigenvalue weighted by atomic mass is 35.5. The number of nitrogens with zero attached hydrogens (tertiary/aromatic N) is 3. The Morgan fingerprint density at radius 3 is 2.62 bits per heavy atom. The van der Waals surface area contributed by atoms with Crippen molar-refractivity contribution in [1.29, 1.82) is 0 Å². The number of anilines is 1. The lowest BCUT2D eigenvalue weighted by Gasteiger charge is -2.31. The Bertz CT molecular complexity index is 777. The van der Waals surface area contributed by atoms with Gasteiger partial charge in [0.2, 0.25) is 0 Å². The van der Waals surface area contributed by atoms with Crippen LogP contribution in [0.15, 0.2) is 18.2 Å². The van der Waals surface area contributed by atoms with Crippen molar-refractivity contribution < 1.29 is 17.6 Å². The van der Waals surface area contributed by atoms with E-state index >= 15 is 0 Å². The molecule has 0 fully saturated rings. The van der Waals surface area contributed by atoms with E-state index in [2.05, 4.69) is 9.97 Å². The van der Waals surface area contributed by atoms with E-state index < -0.39 is 18.4 Å². The average molecular weight is 360 g/mol. The second-order valence-electron chi connectivity index (χ2n) is 5.67. The highest BCUT2D eigenvalue weighted by Crippen LogP contribution is 2.34. The molecule has 1 aromatic heterocycles. The van der Waals surface area contributed by atoms with Gasteiger partial charge in [-0.25, -0.2) is 14.4 Å². The molecule has 3 nitrogen and oxygen atoms in total. The Kier molecular flexibility index (Phi) is 4.38. The largest absolute Gasteiger partial charge is 0.416 e. The molecule has 128 valence electrons. The molecule has 0 spiro atoms. The van der Waals surface area contributed by atoms with E-state index in [1.165, 1.54) is 6.07 Å². The van der Waals surface area contributed by atoms with Crippen molar-refractivity contribution in [3.8, 4) is 0 Å². The number of hydrogen-bond donors (Lipinski definition) is 0. The van der Waals surface area contributed by atoms with Gasteiger partial charge >= 0.3 is 6.18 Å². The van der Waals surface area contributed by atoms with E-state index in [-0.39, 0.29) is 17.5 Å². The average Bonchev–Trinajstić information content (AvgIpc) is 2.55. The van der Waals surface area contributed by atoms with Gasteiger partial charge in [0, 0.05) is 18.7 Å². The van der Waals surface area contributed by atoms with Crippen LogP contribution in [0.2, 0.25) is 5.15 Å². The highest BCUT2D eigenvalue weighted by molar-refractivity contribution is 6.30. The molecule has 0 radical (unpaired) electrons. The molecule has 0 N–H and O–H groups in total. The summed E-state index contributed by atoms with van der Waals surface area (Å²) in [5.41, 5.74) is 1.38. The van der Waals surface area contributed by atoms with Gasteiger partial charge in [-0.3, -0.25) is 0 Å². The van der Waals surface area contributed by atoms with Gasteiger partial charge in [-0.1, -0.05) is 17.7 Å². The zero-order chi connectivity index (χ0) is 17.5. The number of benzene rings is 1. The van der Waals surface area contributed by atoms with Gasteiger partial charge in [0.05, 0.1) is 5.56 Å². The summed E-state index contributed by atoms with van der Waals surface area (Å²) >= 11 is 6.01.